The Bertz CT molecular complexity index is 76.1. The van der Waals surface area contributed by atoms with Gasteiger partial charge in [-0.2, -0.15) is 0 Å². The largest absolute Gasteiger partial charge is 0.302 e. The molecule has 1 heterocycles. The molecule has 1 aliphatic rings. The highest BCUT2D eigenvalue weighted by molar-refractivity contribution is 9.25. The minimum absolute atomic E-state index is 0.0816. The van der Waals surface area contributed by atoms with E-state index in [-0.39, 0.29) is 3.23 Å². The zero-order chi connectivity index (χ0) is 6.04. The number of halogens is 2. The molecule has 0 spiro atoms. The van der Waals surface area contributed by atoms with Crippen molar-refractivity contribution in [3.8, 4) is 0 Å². The van der Waals surface area contributed by atoms with Crippen LogP contribution in [-0.4, -0.2) is 23.0 Å². The van der Waals surface area contributed by atoms with E-state index in [2.05, 4.69) is 42.5 Å². The van der Waals surface area contributed by atoms with Crippen LogP contribution in [0.3, 0.4) is 0 Å². The van der Waals surface area contributed by atoms with Crippen LogP contribution in [0.2, 0.25) is 0 Å². The predicted molar refractivity (Wildman–Crippen MR) is 41.5 cm³/mol. The molecule has 4 heteroatoms. The van der Waals surface area contributed by atoms with Crippen molar-refractivity contribution in [2.75, 3.05) is 19.8 Å². The number of hydrogen-bond donors (Lipinski definition) is 2. The fourth-order valence-corrected chi connectivity index (χ4v) is 1.43. The van der Waals surface area contributed by atoms with Gasteiger partial charge in [-0.25, -0.2) is 0 Å². The second-order valence-corrected chi connectivity index (χ2v) is 5.99. The van der Waals surface area contributed by atoms with Crippen molar-refractivity contribution in [2.45, 2.75) is 3.23 Å². The molecule has 2 nitrogen and oxygen atoms in total. The third-order valence-electron chi connectivity index (χ3n) is 1.02. The van der Waals surface area contributed by atoms with Crippen LogP contribution in [0.5, 0.6) is 0 Å². The Morgan fingerprint density at radius 3 is 1.88 bits per heavy atom. The molecule has 0 unspecified atom stereocenters. The molecule has 0 amide bonds. The third kappa shape index (κ3) is 2.01. The quantitative estimate of drug-likeness (QED) is 0.610. The Balaban J connectivity index is 2.33. The summed E-state index contributed by atoms with van der Waals surface area (Å²) in [6.07, 6.45) is 0. The maximum Gasteiger partial charge on any atom is 0.105 e. The topological polar surface area (TPSA) is 24.1 Å². The van der Waals surface area contributed by atoms with Crippen molar-refractivity contribution in [1.29, 1.82) is 0 Å². The summed E-state index contributed by atoms with van der Waals surface area (Å²) >= 11 is 6.97. The summed E-state index contributed by atoms with van der Waals surface area (Å²) in [6.45, 7) is 2.86. The molecule has 1 fully saturated rings. The number of hydrogen-bond acceptors (Lipinski definition) is 2. The second-order valence-electron chi connectivity index (χ2n) is 1.89. The Morgan fingerprint density at radius 2 is 1.62 bits per heavy atom. The van der Waals surface area contributed by atoms with Gasteiger partial charge in [0.05, 0.1) is 0 Å². The van der Waals surface area contributed by atoms with Gasteiger partial charge in [0.15, 0.2) is 0 Å². The van der Waals surface area contributed by atoms with Gasteiger partial charge in [0.1, 0.15) is 3.23 Å². The molecule has 0 radical (unpaired) electrons. The molecule has 1 saturated heterocycles. The van der Waals surface area contributed by atoms with Gasteiger partial charge in [-0.3, -0.25) is 0 Å². The first kappa shape index (κ1) is 6.99. The van der Waals surface area contributed by atoms with Crippen LogP contribution in [0, 0.1) is 0 Å². The lowest BCUT2D eigenvalue weighted by Gasteiger charge is -2.26. The summed E-state index contributed by atoms with van der Waals surface area (Å²) in [5.41, 5.74) is 0. The number of nitrogens with one attached hydrogen (secondary N) is 2. The average molecular weight is 244 g/mol. The maximum absolute atomic E-state index is 3.48. The summed E-state index contributed by atoms with van der Waals surface area (Å²) < 4.78 is 0.0816. The Morgan fingerprint density at radius 1 is 1.12 bits per heavy atom. The highest BCUT2D eigenvalue weighted by Gasteiger charge is 2.24. The fourth-order valence-electron chi connectivity index (χ4n) is 0.642. The summed E-state index contributed by atoms with van der Waals surface area (Å²) in [6, 6.07) is 0. The Hall–Kier alpha value is 0.880. The van der Waals surface area contributed by atoms with E-state index < -0.39 is 0 Å². The minimum Gasteiger partial charge on any atom is -0.302 e. The van der Waals surface area contributed by atoms with Crippen molar-refractivity contribution in [1.82, 2.24) is 10.6 Å². The summed E-state index contributed by atoms with van der Waals surface area (Å²) in [5.74, 6) is 0. The first-order valence-electron chi connectivity index (χ1n) is 2.50. The zero-order valence-electron chi connectivity index (χ0n) is 4.38. The maximum atomic E-state index is 3.48. The number of alkyl halides is 2. The Kier molecular flexibility index (Phi) is 2.31. The monoisotopic (exact) mass is 242 g/mol. The first-order valence-corrected chi connectivity index (χ1v) is 4.09. The molecule has 8 heavy (non-hydrogen) atoms. The van der Waals surface area contributed by atoms with Crippen LogP contribution in [0.25, 0.3) is 0 Å². The fraction of sp³-hybridized carbons (Fsp3) is 1.00. The van der Waals surface area contributed by atoms with Crippen LogP contribution < -0.4 is 10.6 Å². The highest BCUT2D eigenvalue weighted by Crippen LogP contribution is 2.24. The smallest absolute Gasteiger partial charge is 0.105 e. The van der Waals surface area contributed by atoms with Crippen molar-refractivity contribution in [2.24, 2.45) is 0 Å². The summed E-state index contributed by atoms with van der Waals surface area (Å²) in [7, 11) is 0. The van der Waals surface area contributed by atoms with Crippen LogP contribution in [-0.2, 0) is 0 Å². The van der Waals surface area contributed by atoms with E-state index in [1.165, 1.54) is 0 Å². The van der Waals surface area contributed by atoms with Crippen LogP contribution in [0.15, 0.2) is 0 Å². The predicted octanol–water partition coefficient (Wildman–Crippen LogP) is 0.623. The molecule has 0 aliphatic carbocycles. The minimum atomic E-state index is 0.0816. The normalized spacial score (nSPS) is 27.8. The molecule has 2 N–H and O–H groups in total. The SMILES string of the molecule is BrC1(Br)CNCNC1. The van der Waals surface area contributed by atoms with Crippen molar-refractivity contribution in [3.63, 3.8) is 0 Å². The van der Waals surface area contributed by atoms with Gasteiger partial charge in [-0.05, 0) is 0 Å². The zero-order valence-corrected chi connectivity index (χ0v) is 7.55. The van der Waals surface area contributed by atoms with Gasteiger partial charge in [0.2, 0.25) is 0 Å². The lowest BCUT2D eigenvalue weighted by molar-refractivity contribution is 0.495. The molecular formula is C4H8Br2N2. The first-order chi connectivity index (χ1) is 3.71. The molecule has 0 saturated carbocycles. The van der Waals surface area contributed by atoms with Gasteiger partial charge >= 0.3 is 0 Å². The van der Waals surface area contributed by atoms with Crippen molar-refractivity contribution in [3.05, 3.63) is 0 Å². The third-order valence-corrected chi connectivity index (χ3v) is 2.14. The average Bonchev–Trinajstić information content (AvgIpc) is 1.65. The lowest BCUT2D eigenvalue weighted by Crippen LogP contribution is -2.49. The van der Waals surface area contributed by atoms with Gasteiger partial charge in [0, 0.05) is 19.8 Å². The molecule has 0 aromatic carbocycles. The van der Waals surface area contributed by atoms with E-state index in [0.717, 1.165) is 19.8 Å². The van der Waals surface area contributed by atoms with E-state index in [1.54, 1.807) is 0 Å². The highest BCUT2D eigenvalue weighted by atomic mass is 79.9. The van der Waals surface area contributed by atoms with Gasteiger partial charge in [-0.1, -0.05) is 31.9 Å². The van der Waals surface area contributed by atoms with Gasteiger partial charge in [0.25, 0.3) is 0 Å². The van der Waals surface area contributed by atoms with E-state index in [4.69, 9.17) is 0 Å². The molecule has 0 bridgehead atoms. The van der Waals surface area contributed by atoms with Crippen LogP contribution >= 0.6 is 31.9 Å². The van der Waals surface area contributed by atoms with Gasteiger partial charge in [-0.15, -0.1) is 0 Å². The molecule has 0 aromatic rings. The summed E-state index contributed by atoms with van der Waals surface area (Å²) in [5, 5.41) is 6.34. The van der Waals surface area contributed by atoms with E-state index >= 15 is 0 Å². The molecular weight excluding hydrogens is 236 g/mol. The van der Waals surface area contributed by atoms with Gasteiger partial charge < -0.3 is 10.6 Å². The molecule has 1 rings (SSSR count). The van der Waals surface area contributed by atoms with Crippen molar-refractivity contribution < 1.29 is 0 Å². The lowest BCUT2D eigenvalue weighted by atomic mass is 10.4. The summed E-state index contributed by atoms with van der Waals surface area (Å²) in [4.78, 5) is 0. The number of rotatable bonds is 0. The van der Waals surface area contributed by atoms with Crippen molar-refractivity contribution >= 4 is 31.9 Å². The van der Waals surface area contributed by atoms with E-state index in [9.17, 15) is 0 Å². The molecule has 0 atom stereocenters. The standard InChI is InChI=1S/C4H8Br2N2/c5-4(6)1-7-3-8-2-4/h7-8H,1-3H2. The van der Waals surface area contributed by atoms with E-state index in [0.29, 0.717) is 0 Å². The molecule has 48 valence electrons. The molecule has 0 aromatic heterocycles. The van der Waals surface area contributed by atoms with Crippen LogP contribution in [0.4, 0.5) is 0 Å². The molecule has 1 aliphatic heterocycles. The second kappa shape index (κ2) is 2.64. The Labute approximate surface area is 65.7 Å². The van der Waals surface area contributed by atoms with E-state index in [1.807, 2.05) is 0 Å². The van der Waals surface area contributed by atoms with Crippen LogP contribution in [0.1, 0.15) is 0 Å².